The van der Waals surface area contributed by atoms with Gasteiger partial charge in [-0.2, -0.15) is 0 Å². The molecule has 0 saturated heterocycles. The van der Waals surface area contributed by atoms with Crippen molar-refractivity contribution in [1.29, 1.82) is 0 Å². The monoisotopic (exact) mass is 413 g/mol. The first-order valence-corrected chi connectivity index (χ1v) is 9.60. The normalized spacial score (nSPS) is 16.2. The lowest BCUT2D eigenvalue weighted by Gasteiger charge is -2.31. The lowest BCUT2D eigenvalue weighted by atomic mass is 9.94. The van der Waals surface area contributed by atoms with Crippen molar-refractivity contribution in [2.75, 3.05) is 6.54 Å². The Kier molecular flexibility index (Phi) is 5.16. The highest BCUT2D eigenvalue weighted by molar-refractivity contribution is 14.1. The number of benzene rings is 1. The maximum absolute atomic E-state index is 11.4. The van der Waals surface area contributed by atoms with Crippen molar-refractivity contribution in [3.8, 4) is 0 Å². The molecule has 112 valence electrons. The van der Waals surface area contributed by atoms with Gasteiger partial charge in [-0.3, -0.25) is 4.79 Å². The molecular formula is C17H20INOS. The minimum absolute atomic E-state index is 0.473. The van der Waals surface area contributed by atoms with E-state index in [9.17, 15) is 4.79 Å². The van der Waals surface area contributed by atoms with E-state index in [0.717, 1.165) is 19.4 Å². The van der Waals surface area contributed by atoms with E-state index in [0.29, 0.717) is 6.04 Å². The summed E-state index contributed by atoms with van der Waals surface area (Å²) >= 11 is 4.17. The molecule has 1 aromatic heterocycles. The summed E-state index contributed by atoms with van der Waals surface area (Å²) in [5.41, 5.74) is 1.39. The van der Waals surface area contributed by atoms with E-state index in [-0.39, 0.29) is 0 Å². The van der Waals surface area contributed by atoms with E-state index < -0.39 is 0 Å². The first-order chi connectivity index (χ1) is 10.3. The molecule has 4 heteroatoms. The number of hydrogen-bond acceptors (Lipinski definition) is 2. The fourth-order valence-corrected chi connectivity index (χ4v) is 4.70. The van der Waals surface area contributed by atoms with Gasteiger partial charge in [0.2, 0.25) is 6.41 Å². The Morgan fingerprint density at radius 3 is 2.86 bits per heavy atom. The molecule has 0 bridgehead atoms. The van der Waals surface area contributed by atoms with Crippen LogP contribution in [0.5, 0.6) is 0 Å². The van der Waals surface area contributed by atoms with E-state index >= 15 is 0 Å². The molecule has 1 aromatic carbocycles. The number of thiophene rings is 1. The SMILES string of the molecule is O=CN(CCc1csc2ccc(I)cc12)C1CCCCC1. The van der Waals surface area contributed by atoms with Crippen LogP contribution in [0.25, 0.3) is 10.1 Å². The van der Waals surface area contributed by atoms with Crippen molar-refractivity contribution in [2.24, 2.45) is 0 Å². The molecule has 0 unspecified atom stereocenters. The van der Waals surface area contributed by atoms with Crippen molar-refractivity contribution in [3.05, 3.63) is 32.7 Å². The van der Waals surface area contributed by atoms with Crippen LogP contribution in [0.3, 0.4) is 0 Å². The van der Waals surface area contributed by atoms with Crippen molar-refractivity contribution in [1.82, 2.24) is 4.90 Å². The Labute approximate surface area is 143 Å². The number of carbonyl (C=O) groups excluding carboxylic acids is 1. The van der Waals surface area contributed by atoms with Gasteiger partial charge in [0.25, 0.3) is 0 Å². The smallest absolute Gasteiger partial charge is 0.209 e. The summed E-state index contributed by atoms with van der Waals surface area (Å²) in [5, 5.41) is 3.62. The molecule has 0 radical (unpaired) electrons. The van der Waals surface area contributed by atoms with Crippen LogP contribution in [0.15, 0.2) is 23.6 Å². The van der Waals surface area contributed by atoms with E-state index in [4.69, 9.17) is 0 Å². The third-order valence-corrected chi connectivity index (χ3v) is 6.12. The topological polar surface area (TPSA) is 20.3 Å². The van der Waals surface area contributed by atoms with E-state index in [1.165, 1.54) is 51.3 Å². The van der Waals surface area contributed by atoms with Crippen molar-refractivity contribution >= 4 is 50.4 Å². The molecule has 2 aromatic rings. The summed E-state index contributed by atoms with van der Waals surface area (Å²) in [6.07, 6.45) is 8.27. The molecule has 21 heavy (non-hydrogen) atoms. The summed E-state index contributed by atoms with van der Waals surface area (Å²) in [4.78, 5) is 13.4. The second-order valence-electron chi connectivity index (χ2n) is 5.79. The van der Waals surface area contributed by atoms with Gasteiger partial charge >= 0.3 is 0 Å². The van der Waals surface area contributed by atoms with Crippen molar-refractivity contribution < 1.29 is 4.79 Å². The third kappa shape index (κ3) is 3.59. The minimum Gasteiger partial charge on any atom is -0.342 e. The van der Waals surface area contributed by atoms with Crippen LogP contribution in [0, 0.1) is 3.57 Å². The predicted molar refractivity (Wildman–Crippen MR) is 97.9 cm³/mol. The van der Waals surface area contributed by atoms with E-state index in [1.54, 1.807) is 0 Å². The van der Waals surface area contributed by atoms with Gasteiger partial charge in [-0.1, -0.05) is 19.3 Å². The number of fused-ring (bicyclic) bond motifs is 1. The van der Waals surface area contributed by atoms with Crippen LogP contribution in [-0.2, 0) is 11.2 Å². The summed E-state index contributed by atoms with van der Waals surface area (Å²) in [7, 11) is 0. The number of nitrogens with zero attached hydrogens (tertiary/aromatic N) is 1. The summed E-state index contributed by atoms with van der Waals surface area (Å²) in [6, 6.07) is 7.08. The molecule has 0 aliphatic heterocycles. The third-order valence-electron chi connectivity index (χ3n) is 4.43. The molecule has 1 heterocycles. The number of halogens is 1. The molecule has 1 aliphatic carbocycles. The lowest BCUT2D eigenvalue weighted by Crippen LogP contribution is -2.37. The fourth-order valence-electron chi connectivity index (χ4n) is 3.23. The van der Waals surface area contributed by atoms with E-state index in [1.807, 2.05) is 16.2 Å². The molecule has 1 amide bonds. The van der Waals surface area contributed by atoms with Crippen molar-refractivity contribution in [3.63, 3.8) is 0 Å². The van der Waals surface area contributed by atoms with Gasteiger partial charge in [0.1, 0.15) is 0 Å². The zero-order chi connectivity index (χ0) is 14.7. The van der Waals surface area contributed by atoms with Gasteiger partial charge < -0.3 is 4.90 Å². The molecule has 1 fully saturated rings. The summed E-state index contributed by atoms with van der Waals surface area (Å²) < 4.78 is 2.63. The zero-order valence-corrected chi connectivity index (χ0v) is 15.0. The Morgan fingerprint density at radius 2 is 2.10 bits per heavy atom. The van der Waals surface area contributed by atoms with Gasteiger partial charge in [0.05, 0.1) is 0 Å². The van der Waals surface area contributed by atoms with Crippen LogP contribution in [-0.4, -0.2) is 23.9 Å². The number of rotatable bonds is 5. The highest BCUT2D eigenvalue weighted by atomic mass is 127. The van der Waals surface area contributed by atoms with Crippen LogP contribution >= 0.6 is 33.9 Å². The largest absolute Gasteiger partial charge is 0.342 e. The Morgan fingerprint density at radius 1 is 1.29 bits per heavy atom. The minimum atomic E-state index is 0.473. The number of amides is 1. The molecule has 0 atom stereocenters. The molecule has 3 rings (SSSR count). The zero-order valence-electron chi connectivity index (χ0n) is 12.1. The average molecular weight is 413 g/mol. The molecular weight excluding hydrogens is 393 g/mol. The first-order valence-electron chi connectivity index (χ1n) is 7.64. The van der Waals surface area contributed by atoms with Gasteiger partial charge in [-0.15, -0.1) is 11.3 Å². The number of carbonyl (C=O) groups is 1. The molecule has 0 spiro atoms. The Balaban J connectivity index is 1.69. The second kappa shape index (κ2) is 7.09. The number of hydrogen-bond donors (Lipinski definition) is 0. The molecule has 1 aliphatic rings. The van der Waals surface area contributed by atoms with Crippen LogP contribution in [0.1, 0.15) is 37.7 Å². The van der Waals surface area contributed by atoms with Crippen LogP contribution in [0.2, 0.25) is 0 Å². The summed E-state index contributed by atoms with van der Waals surface area (Å²) in [6.45, 7) is 0.853. The van der Waals surface area contributed by atoms with Gasteiger partial charge in [-0.25, -0.2) is 0 Å². The highest BCUT2D eigenvalue weighted by Crippen LogP contribution is 2.28. The standard InChI is InChI=1S/C17H20INOS/c18-14-6-7-17-16(10-14)13(11-21-17)8-9-19(12-20)15-4-2-1-3-5-15/h6-7,10-12,15H,1-5,8-9H2. The van der Waals surface area contributed by atoms with Gasteiger partial charge in [-0.05, 0) is 76.4 Å². The van der Waals surface area contributed by atoms with E-state index in [2.05, 4.69) is 46.2 Å². The summed E-state index contributed by atoms with van der Waals surface area (Å²) in [5.74, 6) is 0. The van der Waals surface area contributed by atoms with Crippen molar-refractivity contribution in [2.45, 2.75) is 44.6 Å². The van der Waals surface area contributed by atoms with Gasteiger partial charge in [0, 0.05) is 20.9 Å². The van der Waals surface area contributed by atoms with Crippen LogP contribution in [0.4, 0.5) is 0 Å². The van der Waals surface area contributed by atoms with Crippen LogP contribution < -0.4 is 0 Å². The quantitative estimate of drug-likeness (QED) is 0.508. The average Bonchev–Trinajstić information content (AvgIpc) is 2.91. The lowest BCUT2D eigenvalue weighted by molar-refractivity contribution is -0.120. The highest BCUT2D eigenvalue weighted by Gasteiger charge is 2.19. The predicted octanol–water partition coefficient (Wildman–Crippen LogP) is 4.84. The first kappa shape index (κ1) is 15.3. The molecule has 0 N–H and O–H groups in total. The fraction of sp³-hybridized carbons (Fsp3) is 0.471. The maximum Gasteiger partial charge on any atom is 0.209 e. The maximum atomic E-state index is 11.4. The van der Waals surface area contributed by atoms with Gasteiger partial charge in [0.15, 0.2) is 0 Å². The second-order valence-corrected chi connectivity index (χ2v) is 7.94. The Bertz CT molecular complexity index is 618. The Hall–Kier alpha value is -0.620. The molecule has 2 nitrogen and oxygen atoms in total. The molecule has 1 saturated carbocycles.